The Kier molecular flexibility index (Phi) is 4.18. The van der Waals surface area contributed by atoms with Gasteiger partial charge in [-0.3, -0.25) is 4.79 Å². The lowest BCUT2D eigenvalue weighted by Crippen LogP contribution is -2.17. The fraction of sp³-hybridized carbons (Fsp3) is 0. The van der Waals surface area contributed by atoms with Gasteiger partial charge in [0.15, 0.2) is 0 Å². The summed E-state index contributed by atoms with van der Waals surface area (Å²) in [5, 5.41) is 27.7. The Bertz CT molecular complexity index is 1200. The number of carbonyl (C=O) groups is 1. The Hall–Kier alpha value is -3.86. The van der Waals surface area contributed by atoms with Crippen LogP contribution in [0, 0.1) is 0 Å². The molecular weight excluding hydrogens is 340 g/mol. The van der Waals surface area contributed by atoms with Crippen molar-refractivity contribution >= 4 is 33.7 Å². The molecule has 5 nitrogen and oxygen atoms in total. The summed E-state index contributed by atoms with van der Waals surface area (Å²) in [7, 11) is 0. The molecule has 4 rings (SSSR count). The molecule has 0 aliphatic carbocycles. The summed E-state index contributed by atoms with van der Waals surface area (Å²) in [5.41, 5.74) is 3.05. The number of benzene rings is 4. The molecule has 0 aromatic heterocycles. The molecule has 0 bridgehead atoms. The van der Waals surface area contributed by atoms with Crippen molar-refractivity contribution in [1.82, 2.24) is 5.43 Å². The van der Waals surface area contributed by atoms with Gasteiger partial charge < -0.3 is 10.2 Å². The highest BCUT2D eigenvalue weighted by atomic mass is 16.3. The molecule has 0 spiro atoms. The van der Waals surface area contributed by atoms with Gasteiger partial charge in [-0.05, 0) is 28.3 Å². The van der Waals surface area contributed by atoms with Crippen molar-refractivity contribution in [1.29, 1.82) is 0 Å². The van der Waals surface area contributed by atoms with Crippen LogP contribution in [0.4, 0.5) is 0 Å². The summed E-state index contributed by atoms with van der Waals surface area (Å²) in [5.74, 6) is -0.553. The van der Waals surface area contributed by atoms with E-state index < -0.39 is 5.91 Å². The lowest BCUT2D eigenvalue weighted by atomic mass is 10.0. The number of phenolic OH excluding ortho intramolecular Hbond substituents is 2. The van der Waals surface area contributed by atoms with Crippen molar-refractivity contribution in [3.63, 3.8) is 0 Å². The van der Waals surface area contributed by atoms with Crippen LogP contribution in [0.2, 0.25) is 0 Å². The number of nitrogens with one attached hydrogen (secondary N) is 1. The number of aromatic hydroxyl groups is 2. The first-order chi connectivity index (χ1) is 13.1. The number of hydrogen-bond acceptors (Lipinski definition) is 4. The number of rotatable bonds is 3. The molecule has 4 aromatic rings. The van der Waals surface area contributed by atoms with E-state index >= 15 is 0 Å². The van der Waals surface area contributed by atoms with Gasteiger partial charge in [0, 0.05) is 10.9 Å². The van der Waals surface area contributed by atoms with E-state index in [-0.39, 0.29) is 17.1 Å². The first-order valence-electron chi connectivity index (χ1n) is 8.40. The summed E-state index contributed by atoms with van der Waals surface area (Å²) < 4.78 is 0. The van der Waals surface area contributed by atoms with Crippen molar-refractivity contribution < 1.29 is 15.0 Å². The number of hydrazone groups is 1. The topological polar surface area (TPSA) is 81.9 Å². The van der Waals surface area contributed by atoms with Crippen molar-refractivity contribution in [3.05, 3.63) is 83.9 Å². The molecule has 3 N–H and O–H groups in total. The number of hydrogen-bond donors (Lipinski definition) is 3. The Labute approximate surface area is 155 Å². The van der Waals surface area contributed by atoms with Crippen LogP contribution in [0.25, 0.3) is 21.5 Å². The predicted octanol–water partition coefficient (Wildman–Crippen LogP) is 4.17. The maximum Gasteiger partial charge on any atom is 0.275 e. The number of amides is 1. The second-order valence-corrected chi connectivity index (χ2v) is 6.10. The monoisotopic (exact) mass is 356 g/mol. The van der Waals surface area contributed by atoms with E-state index in [0.29, 0.717) is 10.9 Å². The molecule has 0 unspecified atom stereocenters. The zero-order valence-electron chi connectivity index (χ0n) is 14.3. The number of phenols is 2. The fourth-order valence-corrected chi connectivity index (χ4v) is 3.07. The van der Waals surface area contributed by atoms with E-state index in [1.165, 1.54) is 6.21 Å². The summed E-state index contributed by atoms with van der Waals surface area (Å²) in [4.78, 5) is 12.4. The molecule has 132 valence electrons. The third kappa shape index (κ3) is 3.06. The van der Waals surface area contributed by atoms with Crippen LogP contribution in [-0.4, -0.2) is 22.3 Å². The third-order valence-electron chi connectivity index (χ3n) is 4.45. The van der Waals surface area contributed by atoms with E-state index in [4.69, 9.17) is 0 Å². The highest BCUT2D eigenvalue weighted by molar-refractivity contribution is 6.05. The smallest absolute Gasteiger partial charge is 0.275 e. The van der Waals surface area contributed by atoms with Crippen molar-refractivity contribution in [2.45, 2.75) is 0 Å². The number of carbonyl (C=O) groups excluding carboxylic acids is 1. The average molecular weight is 356 g/mol. The Morgan fingerprint density at radius 1 is 0.815 bits per heavy atom. The average Bonchev–Trinajstić information content (AvgIpc) is 2.70. The molecule has 0 radical (unpaired) electrons. The summed E-state index contributed by atoms with van der Waals surface area (Å²) >= 11 is 0. The summed E-state index contributed by atoms with van der Waals surface area (Å²) in [6.07, 6.45) is 1.40. The van der Waals surface area contributed by atoms with Crippen molar-refractivity contribution in [3.8, 4) is 11.5 Å². The molecule has 1 amide bonds. The van der Waals surface area contributed by atoms with E-state index in [0.717, 1.165) is 16.2 Å². The molecule has 0 saturated carbocycles. The van der Waals surface area contributed by atoms with E-state index in [1.807, 2.05) is 42.5 Å². The van der Waals surface area contributed by atoms with Crippen LogP contribution in [0.1, 0.15) is 15.9 Å². The zero-order chi connectivity index (χ0) is 18.8. The van der Waals surface area contributed by atoms with E-state index in [2.05, 4.69) is 10.5 Å². The first-order valence-corrected chi connectivity index (χ1v) is 8.40. The largest absolute Gasteiger partial charge is 0.507 e. The molecular formula is C22H16N2O3. The van der Waals surface area contributed by atoms with Crippen LogP contribution >= 0.6 is 0 Å². The van der Waals surface area contributed by atoms with Gasteiger partial charge in [0.05, 0.1) is 11.8 Å². The molecule has 0 saturated heterocycles. The third-order valence-corrected chi connectivity index (χ3v) is 4.45. The minimum absolute atomic E-state index is 0.0697. The quantitative estimate of drug-likeness (QED) is 0.381. The maximum absolute atomic E-state index is 12.4. The summed E-state index contributed by atoms with van der Waals surface area (Å²) in [6.45, 7) is 0. The lowest BCUT2D eigenvalue weighted by Gasteiger charge is -2.07. The van der Waals surface area contributed by atoms with Gasteiger partial charge in [0.25, 0.3) is 5.91 Å². The molecule has 0 fully saturated rings. The standard InChI is InChI=1S/C22H16N2O3/c25-20-12-10-14-5-1-3-7-16(14)19(20)13-23-24-22(27)18-11-9-15-6-2-4-8-17(15)21(18)26/h1-13,25-26H,(H,24,27)/b23-13+. The molecule has 0 atom stereocenters. The predicted molar refractivity (Wildman–Crippen MR) is 106 cm³/mol. The van der Waals surface area contributed by atoms with Gasteiger partial charge >= 0.3 is 0 Å². The zero-order valence-corrected chi connectivity index (χ0v) is 14.3. The minimum Gasteiger partial charge on any atom is -0.507 e. The van der Waals surface area contributed by atoms with Crippen molar-refractivity contribution in [2.75, 3.05) is 0 Å². The Morgan fingerprint density at radius 3 is 2.22 bits per heavy atom. The highest BCUT2D eigenvalue weighted by Gasteiger charge is 2.13. The second kappa shape index (κ2) is 6.80. The molecule has 0 aliphatic heterocycles. The molecule has 5 heteroatoms. The number of fused-ring (bicyclic) bond motifs is 2. The van der Waals surface area contributed by atoms with Gasteiger partial charge in [-0.1, -0.05) is 60.7 Å². The summed E-state index contributed by atoms with van der Waals surface area (Å²) in [6, 6.07) is 21.6. The van der Waals surface area contributed by atoms with Crippen LogP contribution < -0.4 is 5.43 Å². The van der Waals surface area contributed by atoms with Gasteiger partial charge in [0.2, 0.25) is 0 Å². The molecule has 27 heavy (non-hydrogen) atoms. The van der Waals surface area contributed by atoms with Gasteiger partial charge in [0.1, 0.15) is 11.5 Å². The first kappa shape index (κ1) is 16.6. The van der Waals surface area contributed by atoms with Crippen LogP contribution in [0.15, 0.2) is 77.9 Å². The van der Waals surface area contributed by atoms with Gasteiger partial charge in [-0.25, -0.2) is 5.43 Å². The molecule has 0 aliphatic rings. The van der Waals surface area contributed by atoms with Gasteiger partial charge in [-0.15, -0.1) is 0 Å². The Morgan fingerprint density at radius 2 is 1.44 bits per heavy atom. The molecule has 0 heterocycles. The normalized spacial score (nSPS) is 11.3. The van der Waals surface area contributed by atoms with Crippen LogP contribution in [0.3, 0.4) is 0 Å². The molecule has 4 aromatic carbocycles. The SMILES string of the molecule is O=C(N/N=C/c1c(O)ccc2ccccc12)c1ccc2ccccc2c1O. The second-order valence-electron chi connectivity index (χ2n) is 6.10. The van der Waals surface area contributed by atoms with E-state index in [1.54, 1.807) is 30.3 Å². The van der Waals surface area contributed by atoms with E-state index in [9.17, 15) is 15.0 Å². The Balaban J connectivity index is 1.62. The lowest BCUT2D eigenvalue weighted by molar-refractivity contribution is 0.0952. The van der Waals surface area contributed by atoms with Gasteiger partial charge in [-0.2, -0.15) is 5.10 Å². The minimum atomic E-state index is -0.533. The fourth-order valence-electron chi connectivity index (χ4n) is 3.07. The van der Waals surface area contributed by atoms with Crippen molar-refractivity contribution in [2.24, 2.45) is 5.10 Å². The highest BCUT2D eigenvalue weighted by Crippen LogP contribution is 2.28. The number of nitrogens with zero attached hydrogens (tertiary/aromatic N) is 1. The maximum atomic E-state index is 12.4. The van der Waals surface area contributed by atoms with Crippen LogP contribution in [0.5, 0.6) is 11.5 Å². The van der Waals surface area contributed by atoms with Crippen LogP contribution in [-0.2, 0) is 0 Å².